The molecule has 0 saturated carbocycles. The summed E-state index contributed by atoms with van der Waals surface area (Å²) in [6.45, 7) is 5.19. The highest BCUT2D eigenvalue weighted by molar-refractivity contribution is 5.44. The minimum atomic E-state index is 0.0713. The van der Waals surface area contributed by atoms with Gasteiger partial charge < -0.3 is 19.9 Å². The molecule has 0 saturated heterocycles. The van der Waals surface area contributed by atoms with E-state index in [0.717, 1.165) is 17.7 Å². The van der Waals surface area contributed by atoms with Crippen LogP contribution in [0.4, 0.5) is 0 Å². The number of nitrogens with one attached hydrogen (secondary N) is 1. The van der Waals surface area contributed by atoms with Crippen LogP contribution in [0.5, 0.6) is 17.5 Å². The first kappa shape index (κ1) is 19.8. The van der Waals surface area contributed by atoms with Gasteiger partial charge in [-0.3, -0.25) is 0 Å². The van der Waals surface area contributed by atoms with Crippen molar-refractivity contribution < 1.29 is 14.6 Å². The fourth-order valence-electron chi connectivity index (χ4n) is 2.69. The lowest BCUT2D eigenvalue weighted by Crippen LogP contribution is -2.31. The van der Waals surface area contributed by atoms with Crippen molar-refractivity contribution in [2.75, 3.05) is 13.2 Å². The highest BCUT2D eigenvalue weighted by atomic mass is 16.5. The first-order valence-electron chi connectivity index (χ1n) is 9.36. The van der Waals surface area contributed by atoms with Crippen molar-refractivity contribution in [1.29, 1.82) is 0 Å². The van der Waals surface area contributed by atoms with Crippen LogP contribution in [0.1, 0.15) is 25.8 Å². The summed E-state index contributed by atoms with van der Waals surface area (Å²) in [6, 6.07) is 15.6. The Morgan fingerprint density at radius 2 is 1.93 bits per heavy atom. The molecule has 8 nitrogen and oxygen atoms in total. The van der Waals surface area contributed by atoms with Crippen LogP contribution in [0.15, 0.2) is 48.5 Å². The molecule has 0 fully saturated rings. The molecule has 1 atom stereocenters. The van der Waals surface area contributed by atoms with Crippen LogP contribution in [-0.2, 0) is 6.54 Å². The number of aliphatic hydroxyl groups is 1. The lowest BCUT2D eigenvalue weighted by atomic mass is 10.1. The number of hydrogen-bond acceptors (Lipinski definition) is 7. The van der Waals surface area contributed by atoms with Gasteiger partial charge >= 0.3 is 6.01 Å². The van der Waals surface area contributed by atoms with Crippen LogP contribution < -0.4 is 14.8 Å². The number of rotatable bonds is 10. The zero-order valence-electron chi connectivity index (χ0n) is 16.1. The molecule has 0 aliphatic heterocycles. The first-order valence-corrected chi connectivity index (χ1v) is 9.36. The quantitative estimate of drug-likeness (QED) is 0.556. The maximum atomic E-state index is 9.32. The number of hydrogen-bond donors (Lipinski definition) is 2. The van der Waals surface area contributed by atoms with Crippen LogP contribution in [0.3, 0.4) is 0 Å². The Labute approximate surface area is 164 Å². The third kappa shape index (κ3) is 4.85. The second kappa shape index (κ2) is 9.82. The second-order valence-corrected chi connectivity index (χ2v) is 6.19. The van der Waals surface area contributed by atoms with Crippen molar-refractivity contribution in [2.24, 2.45) is 0 Å². The van der Waals surface area contributed by atoms with E-state index in [1.165, 1.54) is 4.68 Å². The van der Waals surface area contributed by atoms with E-state index in [1.807, 2.05) is 62.4 Å². The topological polar surface area (TPSA) is 94.3 Å². The minimum absolute atomic E-state index is 0.0713. The van der Waals surface area contributed by atoms with Crippen molar-refractivity contribution >= 4 is 0 Å². The van der Waals surface area contributed by atoms with E-state index in [-0.39, 0.29) is 18.7 Å². The number of ether oxygens (including phenoxy) is 2. The Bertz CT molecular complexity index is 865. The Hall–Kier alpha value is -2.97. The summed E-state index contributed by atoms with van der Waals surface area (Å²) >= 11 is 0. The predicted molar refractivity (Wildman–Crippen MR) is 105 cm³/mol. The van der Waals surface area contributed by atoms with Crippen molar-refractivity contribution in [1.82, 2.24) is 25.5 Å². The molecule has 0 spiro atoms. The molecule has 2 N–H and O–H groups in total. The number of para-hydroxylation sites is 1. The Morgan fingerprint density at radius 3 is 2.64 bits per heavy atom. The third-order valence-electron chi connectivity index (χ3n) is 4.26. The number of nitrogens with zero attached hydrogens (tertiary/aromatic N) is 4. The van der Waals surface area contributed by atoms with Gasteiger partial charge in [-0.2, -0.15) is 4.68 Å². The van der Waals surface area contributed by atoms with E-state index >= 15 is 0 Å². The zero-order chi connectivity index (χ0) is 19.8. The minimum Gasteiger partial charge on any atom is -0.490 e. The van der Waals surface area contributed by atoms with E-state index in [1.54, 1.807) is 0 Å². The summed E-state index contributed by atoms with van der Waals surface area (Å²) in [5.74, 6) is 1.15. The molecule has 2 aromatic carbocycles. The Morgan fingerprint density at radius 1 is 1.11 bits per heavy atom. The Kier molecular flexibility index (Phi) is 6.94. The lowest BCUT2D eigenvalue weighted by molar-refractivity contribution is 0.238. The van der Waals surface area contributed by atoms with Crippen molar-refractivity contribution in [2.45, 2.75) is 32.9 Å². The van der Waals surface area contributed by atoms with Crippen LogP contribution in [0, 0.1) is 0 Å². The molecule has 0 aliphatic rings. The number of aliphatic hydroxyl groups excluding tert-OH is 1. The van der Waals surface area contributed by atoms with E-state index < -0.39 is 0 Å². The van der Waals surface area contributed by atoms with Crippen molar-refractivity contribution in [3.05, 3.63) is 54.1 Å². The lowest BCUT2D eigenvalue weighted by Gasteiger charge is -2.16. The smallest absolute Gasteiger partial charge is 0.346 e. The fourth-order valence-corrected chi connectivity index (χ4v) is 2.69. The average Bonchev–Trinajstić information content (AvgIpc) is 3.19. The fraction of sp³-hybridized carbons (Fsp3) is 0.350. The van der Waals surface area contributed by atoms with Gasteiger partial charge in [0.25, 0.3) is 0 Å². The summed E-state index contributed by atoms with van der Waals surface area (Å²) in [7, 11) is 0. The van der Waals surface area contributed by atoms with E-state index in [9.17, 15) is 5.11 Å². The molecule has 3 aromatic rings. The molecule has 0 bridgehead atoms. The number of aromatic nitrogens is 4. The van der Waals surface area contributed by atoms with Crippen LogP contribution >= 0.6 is 0 Å². The number of benzene rings is 2. The molecule has 8 heteroatoms. The van der Waals surface area contributed by atoms with Gasteiger partial charge in [-0.15, -0.1) is 0 Å². The van der Waals surface area contributed by atoms with E-state index in [4.69, 9.17) is 9.47 Å². The molecular formula is C20H25N5O3. The molecule has 148 valence electrons. The van der Waals surface area contributed by atoms with Crippen LogP contribution in [0.25, 0.3) is 5.69 Å². The molecule has 1 aromatic heterocycles. The molecule has 0 amide bonds. The molecule has 1 heterocycles. The SMILES string of the molecule is CCOc1cc(CNC(CC)CO)ccc1Oc1nnnn1-c1ccccc1. The van der Waals surface area contributed by atoms with Gasteiger partial charge in [0.15, 0.2) is 11.5 Å². The van der Waals surface area contributed by atoms with Gasteiger partial charge in [-0.1, -0.05) is 36.3 Å². The second-order valence-electron chi connectivity index (χ2n) is 6.19. The van der Waals surface area contributed by atoms with Gasteiger partial charge in [-0.25, -0.2) is 0 Å². The third-order valence-corrected chi connectivity index (χ3v) is 4.26. The predicted octanol–water partition coefficient (Wildman–Crippen LogP) is 2.71. The highest BCUT2D eigenvalue weighted by Crippen LogP contribution is 2.32. The average molecular weight is 383 g/mol. The molecule has 1 unspecified atom stereocenters. The van der Waals surface area contributed by atoms with Gasteiger partial charge in [-0.05, 0) is 53.6 Å². The molecular weight excluding hydrogens is 358 g/mol. The molecule has 28 heavy (non-hydrogen) atoms. The molecule has 3 rings (SSSR count). The summed E-state index contributed by atoms with van der Waals surface area (Å²) in [5, 5.41) is 24.3. The van der Waals surface area contributed by atoms with Gasteiger partial charge in [0.2, 0.25) is 0 Å². The maximum Gasteiger partial charge on any atom is 0.346 e. The monoisotopic (exact) mass is 383 g/mol. The summed E-state index contributed by atoms with van der Waals surface area (Å²) in [6.07, 6.45) is 0.859. The maximum absolute atomic E-state index is 9.32. The highest BCUT2D eigenvalue weighted by Gasteiger charge is 2.15. The van der Waals surface area contributed by atoms with E-state index in [2.05, 4.69) is 20.8 Å². The van der Waals surface area contributed by atoms with Crippen LogP contribution in [-0.4, -0.2) is 44.6 Å². The van der Waals surface area contributed by atoms with Crippen LogP contribution in [0.2, 0.25) is 0 Å². The summed E-state index contributed by atoms with van der Waals surface area (Å²) < 4.78 is 13.2. The molecule has 0 aliphatic carbocycles. The summed E-state index contributed by atoms with van der Waals surface area (Å²) in [4.78, 5) is 0. The number of tetrazole rings is 1. The molecule has 0 radical (unpaired) electrons. The first-order chi connectivity index (χ1) is 13.7. The van der Waals surface area contributed by atoms with E-state index in [0.29, 0.717) is 24.7 Å². The van der Waals surface area contributed by atoms with Gasteiger partial charge in [0.05, 0.1) is 18.9 Å². The van der Waals surface area contributed by atoms with Crippen molar-refractivity contribution in [3.8, 4) is 23.2 Å². The standard InChI is InChI=1S/C20H25N5O3/c1-3-16(14-26)21-13-15-10-11-18(19(12-15)27-4-2)28-20-22-23-24-25(20)17-8-6-5-7-9-17/h5-12,16,21,26H,3-4,13-14H2,1-2H3. The normalized spacial score (nSPS) is 12.0. The van der Waals surface area contributed by atoms with Crippen molar-refractivity contribution in [3.63, 3.8) is 0 Å². The Balaban J connectivity index is 1.80. The van der Waals surface area contributed by atoms with Gasteiger partial charge in [0.1, 0.15) is 0 Å². The van der Waals surface area contributed by atoms with Gasteiger partial charge in [0, 0.05) is 12.6 Å². The largest absolute Gasteiger partial charge is 0.490 e. The zero-order valence-corrected chi connectivity index (χ0v) is 16.1. The summed E-state index contributed by atoms with van der Waals surface area (Å²) in [5.41, 5.74) is 1.83.